The summed E-state index contributed by atoms with van der Waals surface area (Å²) in [7, 11) is 4.92. The molecule has 7 heteroatoms. The lowest BCUT2D eigenvalue weighted by Gasteiger charge is -2.14. The smallest absolute Gasteiger partial charge is 0.151 e. The molecule has 2 N–H and O–H groups in total. The summed E-state index contributed by atoms with van der Waals surface area (Å²) in [5, 5.41) is 6.88. The van der Waals surface area contributed by atoms with Gasteiger partial charge in [0.1, 0.15) is 17.3 Å². The second kappa shape index (κ2) is 6.74. The highest BCUT2D eigenvalue weighted by atomic mass is 35.5. The first kappa shape index (κ1) is 15.5. The van der Waals surface area contributed by atoms with Crippen molar-refractivity contribution >= 4 is 40.5 Å². The standard InChI is InChI=1S/C14H15Cl2N3O2/c1-17-13-9(15)7-10(16)14(19-13)18-11-6-8(20-2)4-5-12(11)21-3/h4-7H,1-3H3,(H2,17,18,19). The number of ether oxygens (including phenoxy) is 2. The molecule has 0 radical (unpaired) electrons. The molecule has 0 saturated carbocycles. The zero-order chi connectivity index (χ0) is 15.4. The molecule has 0 aliphatic heterocycles. The molecule has 0 bridgehead atoms. The fraction of sp³-hybridized carbons (Fsp3) is 0.214. The van der Waals surface area contributed by atoms with E-state index in [4.69, 9.17) is 32.7 Å². The van der Waals surface area contributed by atoms with E-state index in [1.54, 1.807) is 45.5 Å². The highest BCUT2D eigenvalue weighted by molar-refractivity contribution is 6.37. The van der Waals surface area contributed by atoms with Crippen LogP contribution < -0.4 is 20.1 Å². The summed E-state index contributed by atoms with van der Waals surface area (Å²) in [6.45, 7) is 0. The van der Waals surface area contributed by atoms with Gasteiger partial charge < -0.3 is 20.1 Å². The Morgan fingerprint density at radius 3 is 2.33 bits per heavy atom. The van der Waals surface area contributed by atoms with Gasteiger partial charge in [-0.1, -0.05) is 23.2 Å². The minimum absolute atomic E-state index is 0.406. The molecule has 2 rings (SSSR count). The maximum atomic E-state index is 6.17. The zero-order valence-electron chi connectivity index (χ0n) is 11.8. The number of halogens is 2. The van der Waals surface area contributed by atoms with Crippen molar-refractivity contribution in [3.05, 3.63) is 34.3 Å². The number of anilines is 3. The van der Waals surface area contributed by atoms with E-state index in [0.717, 1.165) is 0 Å². The topological polar surface area (TPSA) is 55.4 Å². The number of rotatable bonds is 5. The summed E-state index contributed by atoms with van der Waals surface area (Å²) < 4.78 is 10.5. The number of hydrogen-bond donors (Lipinski definition) is 2. The highest BCUT2D eigenvalue weighted by Gasteiger charge is 2.12. The van der Waals surface area contributed by atoms with Crippen LogP contribution in [-0.2, 0) is 0 Å². The fourth-order valence-electron chi connectivity index (χ4n) is 1.77. The van der Waals surface area contributed by atoms with E-state index >= 15 is 0 Å². The number of hydrogen-bond acceptors (Lipinski definition) is 5. The highest BCUT2D eigenvalue weighted by Crippen LogP contribution is 2.35. The quantitative estimate of drug-likeness (QED) is 0.862. The van der Waals surface area contributed by atoms with Crippen molar-refractivity contribution in [2.24, 2.45) is 0 Å². The predicted octanol–water partition coefficient (Wildman–Crippen LogP) is 4.19. The van der Waals surface area contributed by atoms with Crippen molar-refractivity contribution in [3.63, 3.8) is 0 Å². The van der Waals surface area contributed by atoms with Crippen molar-refractivity contribution < 1.29 is 9.47 Å². The molecule has 1 aromatic heterocycles. The molecule has 0 amide bonds. The van der Waals surface area contributed by atoms with Gasteiger partial charge in [-0.05, 0) is 18.2 Å². The van der Waals surface area contributed by atoms with E-state index in [9.17, 15) is 0 Å². The van der Waals surface area contributed by atoms with Gasteiger partial charge in [0.05, 0.1) is 30.0 Å². The first-order valence-electron chi connectivity index (χ1n) is 6.12. The average molecular weight is 328 g/mol. The van der Waals surface area contributed by atoms with E-state index in [0.29, 0.717) is 38.9 Å². The molecule has 0 aliphatic carbocycles. The molecular formula is C14H15Cl2N3O2. The van der Waals surface area contributed by atoms with Crippen molar-refractivity contribution in [2.45, 2.75) is 0 Å². The maximum absolute atomic E-state index is 6.17. The monoisotopic (exact) mass is 327 g/mol. The molecule has 0 aliphatic rings. The van der Waals surface area contributed by atoms with Gasteiger partial charge in [0, 0.05) is 13.1 Å². The summed E-state index contributed by atoms with van der Waals surface area (Å²) in [5.74, 6) is 2.34. The Balaban J connectivity index is 2.41. The number of benzene rings is 1. The summed E-state index contributed by atoms with van der Waals surface area (Å²) in [4.78, 5) is 4.33. The van der Waals surface area contributed by atoms with Gasteiger partial charge in [-0.15, -0.1) is 0 Å². The number of pyridine rings is 1. The molecule has 0 atom stereocenters. The van der Waals surface area contributed by atoms with Crippen molar-refractivity contribution in [1.82, 2.24) is 4.98 Å². The third-order valence-electron chi connectivity index (χ3n) is 2.83. The third kappa shape index (κ3) is 3.43. The van der Waals surface area contributed by atoms with E-state index in [1.807, 2.05) is 0 Å². The van der Waals surface area contributed by atoms with Crippen LogP contribution in [-0.4, -0.2) is 26.3 Å². The van der Waals surface area contributed by atoms with Crippen LogP contribution in [0.5, 0.6) is 11.5 Å². The lowest BCUT2D eigenvalue weighted by atomic mass is 10.2. The van der Waals surface area contributed by atoms with Gasteiger partial charge in [-0.2, -0.15) is 0 Å². The second-order valence-electron chi connectivity index (χ2n) is 4.09. The lowest BCUT2D eigenvalue weighted by molar-refractivity contribution is 0.405. The molecule has 1 heterocycles. The zero-order valence-corrected chi connectivity index (χ0v) is 13.3. The molecule has 5 nitrogen and oxygen atoms in total. The Bertz CT molecular complexity index is 650. The minimum atomic E-state index is 0.406. The summed E-state index contributed by atoms with van der Waals surface area (Å²) in [5.41, 5.74) is 0.690. The van der Waals surface area contributed by atoms with Crippen LogP contribution in [0.3, 0.4) is 0 Å². The molecule has 2 aromatic rings. The van der Waals surface area contributed by atoms with Crippen molar-refractivity contribution in [2.75, 3.05) is 31.9 Å². The van der Waals surface area contributed by atoms with E-state index in [2.05, 4.69) is 15.6 Å². The van der Waals surface area contributed by atoms with Crippen molar-refractivity contribution in [1.29, 1.82) is 0 Å². The Hall–Kier alpha value is -1.85. The van der Waals surface area contributed by atoms with Gasteiger partial charge in [0.15, 0.2) is 5.82 Å². The van der Waals surface area contributed by atoms with Gasteiger partial charge in [-0.25, -0.2) is 4.98 Å². The number of nitrogens with one attached hydrogen (secondary N) is 2. The number of methoxy groups -OCH3 is 2. The first-order chi connectivity index (χ1) is 10.1. The van der Waals surface area contributed by atoms with E-state index in [-0.39, 0.29) is 0 Å². The van der Waals surface area contributed by atoms with Crippen LogP contribution in [0.1, 0.15) is 0 Å². The summed E-state index contributed by atoms with van der Waals surface area (Å²) in [6, 6.07) is 7.02. The second-order valence-corrected chi connectivity index (χ2v) is 4.90. The van der Waals surface area contributed by atoms with Crippen LogP contribution in [0.15, 0.2) is 24.3 Å². The van der Waals surface area contributed by atoms with Crippen LogP contribution in [0.4, 0.5) is 17.3 Å². The Morgan fingerprint density at radius 2 is 1.71 bits per heavy atom. The largest absolute Gasteiger partial charge is 0.497 e. The third-order valence-corrected chi connectivity index (χ3v) is 3.40. The molecule has 21 heavy (non-hydrogen) atoms. The van der Waals surface area contributed by atoms with Crippen molar-refractivity contribution in [3.8, 4) is 11.5 Å². The van der Waals surface area contributed by atoms with Gasteiger partial charge >= 0.3 is 0 Å². The molecule has 0 fully saturated rings. The summed E-state index contributed by atoms with van der Waals surface area (Å²) in [6.07, 6.45) is 0. The number of aromatic nitrogens is 1. The maximum Gasteiger partial charge on any atom is 0.151 e. The van der Waals surface area contributed by atoms with Crippen LogP contribution >= 0.6 is 23.2 Å². The van der Waals surface area contributed by atoms with Crippen LogP contribution in [0.25, 0.3) is 0 Å². The average Bonchev–Trinajstić information content (AvgIpc) is 2.49. The lowest BCUT2D eigenvalue weighted by Crippen LogP contribution is -2.01. The van der Waals surface area contributed by atoms with E-state index in [1.165, 1.54) is 0 Å². The normalized spacial score (nSPS) is 10.1. The van der Waals surface area contributed by atoms with Gasteiger partial charge in [0.25, 0.3) is 0 Å². The van der Waals surface area contributed by atoms with Crippen LogP contribution in [0.2, 0.25) is 10.0 Å². The molecule has 0 spiro atoms. The fourth-order valence-corrected chi connectivity index (χ4v) is 2.27. The van der Waals surface area contributed by atoms with Gasteiger partial charge in [-0.3, -0.25) is 0 Å². The SMILES string of the molecule is CNc1nc(Nc2cc(OC)ccc2OC)c(Cl)cc1Cl. The molecule has 1 aromatic carbocycles. The predicted molar refractivity (Wildman–Crippen MR) is 86.6 cm³/mol. The molecule has 112 valence electrons. The van der Waals surface area contributed by atoms with Crippen LogP contribution in [0, 0.1) is 0 Å². The van der Waals surface area contributed by atoms with Gasteiger partial charge in [0.2, 0.25) is 0 Å². The Morgan fingerprint density at radius 1 is 1.00 bits per heavy atom. The molecule has 0 unspecified atom stereocenters. The Labute approximate surface area is 133 Å². The molecule has 0 saturated heterocycles. The Kier molecular flexibility index (Phi) is 4.98. The minimum Gasteiger partial charge on any atom is -0.497 e. The molecular weight excluding hydrogens is 313 g/mol. The first-order valence-corrected chi connectivity index (χ1v) is 6.87. The number of nitrogens with zero attached hydrogens (tertiary/aromatic N) is 1. The summed E-state index contributed by atoms with van der Waals surface area (Å²) >= 11 is 12.2. The van der Waals surface area contributed by atoms with E-state index < -0.39 is 0 Å².